The number of hydrogen-bond acceptors (Lipinski definition) is 14. The standard InChI is InChI=1S/C27H22FN9O10S3/c1-13-4-2-3-5-18(13)32-27-34-24(28)33-26(35-27)30-15-6-7-19(20(10-15)31-25(29)38)36-37-21-12-17-14(9-23(21)50(45,46)47)8-16(48(39,40)41)11-22(17)49(42,43)44/h2-12H,1H3,(H3,29,31,38)(H,39,40,41)(H,42,43,44)(H,45,46,47)(H2,30,32,33,34,35)/b37-36+. The molecule has 0 bridgehead atoms. The van der Waals surface area contributed by atoms with E-state index in [1.165, 1.54) is 18.2 Å². The summed E-state index contributed by atoms with van der Waals surface area (Å²) in [5, 5.41) is 14.6. The summed E-state index contributed by atoms with van der Waals surface area (Å²) in [5.74, 6) is -0.389. The van der Waals surface area contributed by atoms with Crippen LogP contribution in [0.15, 0.2) is 91.6 Å². The van der Waals surface area contributed by atoms with Crippen molar-refractivity contribution in [3.8, 4) is 0 Å². The van der Waals surface area contributed by atoms with Crippen LogP contribution in [0, 0.1) is 13.0 Å². The van der Waals surface area contributed by atoms with E-state index in [-0.39, 0.29) is 29.0 Å². The predicted octanol–water partition coefficient (Wildman–Crippen LogP) is 4.61. The number of nitrogens with zero attached hydrogens (tertiary/aromatic N) is 5. The first-order chi connectivity index (χ1) is 23.3. The number of primary amides is 1. The Bertz CT molecular complexity index is 2570. The molecule has 0 unspecified atom stereocenters. The summed E-state index contributed by atoms with van der Waals surface area (Å²) in [6.07, 6.45) is -1.13. The summed E-state index contributed by atoms with van der Waals surface area (Å²) < 4.78 is 116. The number of nitrogens with one attached hydrogen (secondary N) is 3. The van der Waals surface area contributed by atoms with Gasteiger partial charge in [0, 0.05) is 16.8 Å². The lowest BCUT2D eigenvalue weighted by atomic mass is 10.1. The first-order valence-electron chi connectivity index (χ1n) is 13.5. The van der Waals surface area contributed by atoms with Gasteiger partial charge in [0.1, 0.15) is 21.2 Å². The van der Waals surface area contributed by atoms with Crippen molar-refractivity contribution in [2.45, 2.75) is 21.6 Å². The van der Waals surface area contributed by atoms with Crippen LogP contribution in [-0.4, -0.2) is 59.9 Å². The predicted molar refractivity (Wildman–Crippen MR) is 175 cm³/mol. The van der Waals surface area contributed by atoms with Gasteiger partial charge in [0.15, 0.2) is 0 Å². The number of para-hydroxylation sites is 1. The number of aryl methyl sites for hydroxylation is 1. The van der Waals surface area contributed by atoms with E-state index in [2.05, 4.69) is 41.1 Å². The molecule has 19 nitrogen and oxygen atoms in total. The average Bonchev–Trinajstić information content (AvgIpc) is 2.99. The van der Waals surface area contributed by atoms with Crippen LogP contribution in [0.25, 0.3) is 10.8 Å². The number of benzene rings is 4. The molecule has 0 fully saturated rings. The van der Waals surface area contributed by atoms with Gasteiger partial charge < -0.3 is 21.7 Å². The zero-order valence-electron chi connectivity index (χ0n) is 25.0. The topological polar surface area (TPSA) is 306 Å². The van der Waals surface area contributed by atoms with E-state index in [4.69, 9.17) is 5.73 Å². The molecule has 4 aromatic carbocycles. The van der Waals surface area contributed by atoms with E-state index in [1.807, 2.05) is 19.1 Å². The third kappa shape index (κ3) is 8.28. The minimum absolute atomic E-state index is 0.133. The number of carbonyl (C=O) groups excluding carboxylic acids is 1. The first kappa shape index (κ1) is 35.6. The second kappa shape index (κ2) is 13.3. The van der Waals surface area contributed by atoms with Crippen LogP contribution < -0.4 is 21.7 Å². The first-order valence-corrected chi connectivity index (χ1v) is 17.8. The minimum Gasteiger partial charge on any atom is -0.351 e. The maximum absolute atomic E-state index is 14.3. The molecule has 5 rings (SSSR count). The number of fused-ring (bicyclic) bond motifs is 1. The Labute approximate surface area is 281 Å². The van der Waals surface area contributed by atoms with Gasteiger partial charge in [-0.2, -0.15) is 44.6 Å². The van der Waals surface area contributed by atoms with Crippen molar-refractivity contribution in [3.63, 3.8) is 0 Å². The second-order valence-corrected chi connectivity index (χ2v) is 14.3. The van der Waals surface area contributed by atoms with Gasteiger partial charge in [-0.05, 0) is 66.4 Å². The quantitative estimate of drug-likeness (QED) is 0.0758. The lowest BCUT2D eigenvalue weighted by Crippen LogP contribution is -2.19. The number of urea groups is 1. The van der Waals surface area contributed by atoms with Gasteiger partial charge in [-0.15, -0.1) is 10.2 Å². The molecule has 23 heteroatoms. The highest BCUT2D eigenvalue weighted by molar-refractivity contribution is 7.87. The Kier molecular flexibility index (Phi) is 9.46. The van der Waals surface area contributed by atoms with E-state index >= 15 is 0 Å². The fourth-order valence-electron chi connectivity index (χ4n) is 4.43. The van der Waals surface area contributed by atoms with Crippen LogP contribution >= 0.6 is 0 Å². The van der Waals surface area contributed by atoms with Crippen molar-refractivity contribution < 1.29 is 48.1 Å². The number of azo groups is 1. The van der Waals surface area contributed by atoms with Gasteiger partial charge in [-0.25, -0.2) is 4.79 Å². The fraction of sp³-hybridized carbons (Fsp3) is 0.0370. The number of halogens is 1. The summed E-state index contributed by atoms with van der Waals surface area (Å²) >= 11 is 0. The Hall–Kier alpha value is -5.72. The molecule has 5 aromatic rings. The Balaban J connectivity index is 1.56. The molecular formula is C27H22FN9O10S3. The average molecular weight is 748 g/mol. The summed E-state index contributed by atoms with van der Waals surface area (Å²) in [6.45, 7) is 1.81. The van der Waals surface area contributed by atoms with Crippen LogP contribution in [0.4, 0.5) is 49.5 Å². The van der Waals surface area contributed by atoms with Crippen molar-refractivity contribution >= 4 is 87.5 Å². The van der Waals surface area contributed by atoms with E-state index in [1.54, 1.807) is 12.1 Å². The molecule has 0 aliphatic carbocycles. The molecule has 1 heterocycles. The van der Waals surface area contributed by atoms with Crippen LogP contribution in [-0.2, 0) is 30.4 Å². The van der Waals surface area contributed by atoms with E-state index in [0.717, 1.165) is 11.6 Å². The van der Waals surface area contributed by atoms with Crippen LogP contribution in [0.5, 0.6) is 0 Å². The zero-order valence-corrected chi connectivity index (χ0v) is 27.4. The number of rotatable bonds is 10. The van der Waals surface area contributed by atoms with Crippen molar-refractivity contribution in [3.05, 3.63) is 78.4 Å². The largest absolute Gasteiger partial charge is 0.351 e. The van der Waals surface area contributed by atoms with E-state index < -0.39 is 73.6 Å². The lowest BCUT2D eigenvalue weighted by Gasteiger charge is -2.12. The normalized spacial score (nSPS) is 12.3. The second-order valence-electron chi connectivity index (χ2n) is 10.1. The molecular weight excluding hydrogens is 726 g/mol. The molecule has 50 heavy (non-hydrogen) atoms. The van der Waals surface area contributed by atoms with Crippen molar-refractivity contribution in [1.29, 1.82) is 0 Å². The maximum atomic E-state index is 14.3. The molecule has 0 aliphatic rings. The monoisotopic (exact) mass is 747 g/mol. The highest BCUT2D eigenvalue weighted by atomic mass is 32.2. The number of amides is 2. The fourth-order valence-corrected chi connectivity index (χ4v) is 6.42. The maximum Gasteiger partial charge on any atom is 0.316 e. The molecule has 2 amide bonds. The molecule has 0 aliphatic heterocycles. The SMILES string of the molecule is Cc1ccccc1Nc1nc(F)nc(Nc2ccc(/N=N/c3cc4c(S(=O)(=O)O)cc(S(=O)(=O)O)cc4cc3S(=O)(=O)O)c(NC(N)=O)c2)n1. The summed E-state index contributed by atoms with van der Waals surface area (Å²) in [5.41, 5.74) is 5.83. The molecule has 260 valence electrons. The van der Waals surface area contributed by atoms with Gasteiger partial charge in [-0.3, -0.25) is 13.7 Å². The Morgan fingerprint density at radius 1 is 0.740 bits per heavy atom. The number of carbonyl (C=O) groups is 1. The summed E-state index contributed by atoms with van der Waals surface area (Å²) in [6, 6.07) is 12.3. The van der Waals surface area contributed by atoms with Crippen molar-refractivity contribution in [2.75, 3.05) is 16.0 Å². The van der Waals surface area contributed by atoms with Crippen molar-refractivity contribution in [1.82, 2.24) is 15.0 Å². The number of hydrogen-bond donors (Lipinski definition) is 7. The molecule has 0 spiro atoms. The minimum atomic E-state index is -5.19. The van der Waals surface area contributed by atoms with Crippen LogP contribution in [0.3, 0.4) is 0 Å². The highest BCUT2D eigenvalue weighted by Crippen LogP contribution is 2.37. The van der Waals surface area contributed by atoms with Gasteiger partial charge in [0.2, 0.25) is 11.9 Å². The summed E-state index contributed by atoms with van der Waals surface area (Å²) in [4.78, 5) is 20.1. The molecule has 0 atom stereocenters. The Morgan fingerprint density at radius 3 is 2.00 bits per heavy atom. The zero-order chi connectivity index (χ0) is 36.6. The summed E-state index contributed by atoms with van der Waals surface area (Å²) in [7, 11) is -15.4. The van der Waals surface area contributed by atoms with Gasteiger partial charge in [0.05, 0.1) is 10.6 Å². The smallest absolute Gasteiger partial charge is 0.316 e. The van der Waals surface area contributed by atoms with E-state index in [0.29, 0.717) is 23.9 Å². The van der Waals surface area contributed by atoms with E-state index in [9.17, 15) is 48.1 Å². The Morgan fingerprint density at radius 2 is 1.38 bits per heavy atom. The molecule has 8 N–H and O–H groups in total. The molecule has 0 saturated heterocycles. The third-order valence-electron chi connectivity index (χ3n) is 6.60. The van der Waals surface area contributed by atoms with Gasteiger partial charge in [-0.1, -0.05) is 18.2 Å². The molecule has 0 radical (unpaired) electrons. The van der Waals surface area contributed by atoms with Crippen molar-refractivity contribution in [2.24, 2.45) is 16.0 Å². The molecule has 1 aromatic heterocycles. The van der Waals surface area contributed by atoms with Gasteiger partial charge in [0.25, 0.3) is 30.4 Å². The van der Waals surface area contributed by atoms with Crippen LogP contribution in [0.2, 0.25) is 0 Å². The number of nitrogens with two attached hydrogens (primary N) is 1. The van der Waals surface area contributed by atoms with Crippen LogP contribution in [0.1, 0.15) is 5.56 Å². The third-order valence-corrected chi connectivity index (χ3v) is 9.20. The molecule has 0 saturated carbocycles. The number of anilines is 5. The van der Waals surface area contributed by atoms with Gasteiger partial charge >= 0.3 is 12.1 Å². The number of aromatic nitrogens is 3. The lowest BCUT2D eigenvalue weighted by molar-refractivity contribution is 0.259. The highest BCUT2D eigenvalue weighted by Gasteiger charge is 2.25.